The van der Waals surface area contributed by atoms with Crippen LogP contribution in [0.15, 0.2) is 23.1 Å². The topological polar surface area (TPSA) is 110 Å². The molecule has 0 spiro atoms. The van der Waals surface area contributed by atoms with Gasteiger partial charge in [-0.05, 0) is 26.3 Å². The minimum absolute atomic E-state index is 0.0742. The molecule has 0 bridgehead atoms. The van der Waals surface area contributed by atoms with Crippen molar-refractivity contribution in [1.29, 1.82) is 0 Å². The minimum atomic E-state index is -3.91. The molecule has 118 valence electrons. The predicted octanol–water partition coefficient (Wildman–Crippen LogP) is 1.73. The Hall–Kier alpha value is -1.51. The largest absolute Gasteiger partial charge is 0.389 e. The van der Waals surface area contributed by atoms with Crippen LogP contribution in [0.5, 0.6) is 0 Å². The van der Waals surface area contributed by atoms with E-state index in [1.807, 2.05) is 6.92 Å². The first kappa shape index (κ1) is 17.5. The number of nitro groups is 1. The Balaban J connectivity index is 3.04. The fourth-order valence-corrected chi connectivity index (χ4v) is 3.47. The van der Waals surface area contributed by atoms with Gasteiger partial charge in [-0.1, -0.05) is 19.4 Å². The summed E-state index contributed by atoms with van der Waals surface area (Å²) in [5.41, 5.74) is -1.33. The Morgan fingerprint density at radius 1 is 1.43 bits per heavy atom. The van der Waals surface area contributed by atoms with Crippen LogP contribution in [0.25, 0.3) is 0 Å². The highest BCUT2D eigenvalue weighted by molar-refractivity contribution is 7.89. The number of benzene rings is 1. The molecule has 8 heteroatoms. The molecular weight excluding hydrogens is 296 g/mol. The standard InChI is InChI=1S/C13H20N2O5S/c1-4-8-13(3,16)9-14-21(19,20)12-7-5-6-11(10(12)2)15(17)18/h5-7,14,16H,4,8-9H2,1-3H3. The van der Waals surface area contributed by atoms with Gasteiger partial charge in [0.25, 0.3) is 5.69 Å². The lowest BCUT2D eigenvalue weighted by atomic mass is 10.0. The highest BCUT2D eigenvalue weighted by atomic mass is 32.2. The van der Waals surface area contributed by atoms with Crippen molar-refractivity contribution in [1.82, 2.24) is 4.72 Å². The highest BCUT2D eigenvalue weighted by Crippen LogP contribution is 2.24. The molecule has 0 aliphatic carbocycles. The van der Waals surface area contributed by atoms with Crippen molar-refractivity contribution in [2.45, 2.75) is 44.1 Å². The van der Waals surface area contributed by atoms with E-state index < -0.39 is 20.5 Å². The molecule has 0 saturated heterocycles. The molecule has 2 N–H and O–H groups in total. The van der Waals surface area contributed by atoms with Gasteiger partial charge in [-0.15, -0.1) is 0 Å². The Morgan fingerprint density at radius 3 is 2.57 bits per heavy atom. The van der Waals surface area contributed by atoms with Crippen molar-refractivity contribution in [2.75, 3.05) is 6.54 Å². The smallest absolute Gasteiger partial charge is 0.273 e. The summed E-state index contributed by atoms with van der Waals surface area (Å²) < 4.78 is 26.8. The van der Waals surface area contributed by atoms with Gasteiger partial charge in [0, 0.05) is 18.2 Å². The normalized spacial score (nSPS) is 14.7. The van der Waals surface area contributed by atoms with E-state index in [1.165, 1.54) is 25.1 Å². The van der Waals surface area contributed by atoms with Crippen LogP contribution in [0.2, 0.25) is 0 Å². The summed E-state index contributed by atoms with van der Waals surface area (Å²) in [5, 5.41) is 20.9. The van der Waals surface area contributed by atoms with Crippen LogP contribution in [0.1, 0.15) is 32.3 Å². The molecule has 0 amide bonds. The first-order valence-corrected chi connectivity index (χ1v) is 8.05. The lowest BCUT2D eigenvalue weighted by Gasteiger charge is -2.23. The van der Waals surface area contributed by atoms with Crippen LogP contribution in [0.3, 0.4) is 0 Å². The van der Waals surface area contributed by atoms with Crippen molar-refractivity contribution in [2.24, 2.45) is 0 Å². The maximum absolute atomic E-state index is 12.2. The van der Waals surface area contributed by atoms with Gasteiger partial charge in [-0.25, -0.2) is 13.1 Å². The molecular formula is C13H20N2O5S. The average Bonchev–Trinajstić information content (AvgIpc) is 2.36. The molecule has 1 rings (SSSR count). The molecule has 0 radical (unpaired) electrons. The first-order valence-electron chi connectivity index (χ1n) is 6.57. The maximum atomic E-state index is 12.2. The second-order valence-corrected chi connectivity index (χ2v) is 6.96. The molecule has 1 unspecified atom stereocenters. The Labute approximate surface area is 124 Å². The van der Waals surface area contributed by atoms with E-state index in [0.29, 0.717) is 12.8 Å². The van der Waals surface area contributed by atoms with Crippen LogP contribution in [-0.2, 0) is 10.0 Å². The summed E-state index contributed by atoms with van der Waals surface area (Å²) in [6.45, 7) is 4.66. The zero-order chi connectivity index (χ0) is 16.3. The Kier molecular flexibility index (Phi) is 5.43. The van der Waals surface area contributed by atoms with Crippen molar-refractivity contribution in [3.8, 4) is 0 Å². The third kappa shape index (κ3) is 4.48. The van der Waals surface area contributed by atoms with Crippen LogP contribution >= 0.6 is 0 Å². The SMILES string of the molecule is CCCC(C)(O)CNS(=O)(=O)c1cccc([N+](=O)[O-])c1C. The Bertz CT molecular complexity index is 625. The van der Waals surface area contributed by atoms with Crippen LogP contribution in [0.4, 0.5) is 5.69 Å². The molecule has 21 heavy (non-hydrogen) atoms. The lowest BCUT2D eigenvalue weighted by Crippen LogP contribution is -2.40. The number of nitrogens with zero attached hydrogens (tertiary/aromatic N) is 1. The highest BCUT2D eigenvalue weighted by Gasteiger charge is 2.26. The monoisotopic (exact) mass is 316 g/mol. The lowest BCUT2D eigenvalue weighted by molar-refractivity contribution is -0.385. The third-order valence-corrected chi connectivity index (χ3v) is 4.72. The van der Waals surface area contributed by atoms with Crippen LogP contribution < -0.4 is 4.72 Å². The molecule has 0 aromatic heterocycles. The van der Waals surface area contributed by atoms with Gasteiger partial charge >= 0.3 is 0 Å². The number of nitro benzene ring substituents is 1. The van der Waals surface area contributed by atoms with Gasteiger partial charge in [0.1, 0.15) is 0 Å². The summed E-state index contributed by atoms with van der Waals surface area (Å²) in [6.07, 6.45) is 1.16. The van der Waals surface area contributed by atoms with Gasteiger partial charge < -0.3 is 5.11 Å². The van der Waals surface area contributed by atoms with Crippen molar-refractivity contribution in [3.63, 3.8) is 0 Å². The molecule has 1 aromatic rings. The average molecular weight is 316 g/mol. The number of sulfonamides is 1. The van der Waals surface area contributed by atoms with Gasteiger partial charge in [0.2, 0.25) is 10.0 Å². The number of hydrogen-bond donors (Lipinski definition) is 2. The van der Waals surface area contributed by atoms with Gasteiger partial charge in [-0.2, -0.15) is 0 Å². The second kappa shape index (κ2) is 6.50. The van der Waals surface area contributed by atoms with Gasteiger partial charge in [0.05, 0.1) is 15.4 Å². The minimum Gasteiger partial charge on any atom is -0.389 e. The number of aliphatic hydroxyl groups is 1. The molecule has 7 nitrogen and oxygen atoms in total. The summed E-state index contributed by atoms with van der Waals surface area (Å²) in [4.78, 5) is 10.1. The van der Waals surface area contributed by atoms with E-state index in [1.54, 1.807) is 6.92 Å². The van der Waals surface area contributed by atoms with Crippen molar-refractivity contribution >= 4 is 15.7 Å². The van der Waals surface area contributed by atoms with E-state index >= 15 is 0 Å². The summed E-state index contributed by atoms with van der Waals surface area (Å²) in [5.74, 6) is 0. The van der Waals surface area contributed by atoms with E-state index in [-0.39, 0.29) is 22.7 Å². The zero-order valence-electron chi connectivity index (χ0n) is 12.3. The van der Waals surface area contributed by atoms with E-state index in [9.17, 15) is 23.6 Å². The van der Waals surface area contributed by atoms with Crippen LogP contribution in [0, 0.1) is 17.0 Å². The molecule has 1 aromatic carbocycles. The summed E-state index contributed by atoms with van der Waals surface area (Å²) >= 11 is 0. The Morgan fingerprint density at radius 2 is 2.05 bits per heavy atom. The second-order valence-electron chi connectivity index (χ2n) is 5.23. The first-order chi connectivity index (χ1) is 9.60. The van der Waals surface area contributed by atoms with Crippen molar-refractivity contribution in [3.05, 3.63) is 33.9 Å². The summed E-state index contributed by atoms with van der Waals surface area (Å²) in [6, 6.07) is 3.88. The zero-order valence-corrected chi connectivity index (χ0v) is 13.1. The molecule has 0 heterocycles. The quantitative estimate of drug-likeness (QED) is 0.588. The molecule has 1 atom stereocenters. The van der Waals surface area contributed by atoms with Crippen molar-refractivity contribution < 1.29 is 18.4 Å². The predicted molar refractivity (Wildman–Crippen MR) is 78.6 cm³/mol. The fourth-order valence-electron chi connectivity index (χ4n) is 2.05. The van der Waals surface area contributed by atoms with Crippen LogP contribution in [-0.4, -0.2) is 30.6 Å². The molecule has 0 fully saturated rings. The molecule has 0 aliphatic heterocycles. The van der Waals surface area contributed by atoms with Gasteiger partial charge in [-0.3, -0.25) is 10.1 Å². The van der Waals surface area contributed by atoms with Gasteiger partial charge in [0.15, 0.2) is 0 Å². The fraction of sp³-hybridized carbons (Fsp3) is 0.538. The number of nitrogens with one attached hydrogen (secondary N) is 1. The molecule has 0 aliphatic rings. The molecule has 0 saturated carbocycles. The number of rotatable bonds is 7. The van der Waals surface area contributed by atoms with E-state index in [0.717, 1.165) is 0 Å². The maximum Gasteiger partial charge on any atom is 0.273 e. The number of hydrogen-bond acceptors (Lipinski definition) is 5. The summed E-state index contributed by atoms with van der Waals surface area (Å²) in [7, 11) is -3.91. The van der Waals surface area contributed by atoms with E-state index in [4.69, 9.17) is 0 Å². The third-order valence-electron chi connectivity index (χ3n) is 3.17. The van der Waals surface area contributed by atoms with E-state index in [2.05, 4.69) is 4.72 Å².